The van der Waals surface area contributed by atoms with Gasteiger partial charge in [0.2, 0.25) is 17.4 Å². The summed E-state index contributed by atoms with van der Waals surface area (Å²) in [6, 6.07) is 10.9. The van der Waals surface area contributed by atoms with Gasteiger partial charge in [0.25, 0.3) is 11.9 Å². The minimum Gasteiger partial charge on any atom is -0.422 e. The maximum absolute atomic E-state index is 13.0. The van der Waals surface area contributed by atoms with Crippen LogP contribution in [0.3, 0.4) is 0 Å². The zero-order valence-corrected chi connectivity index (χ0v) is 18.4. The van der Waals surface area contributed by atoms with Gasteiger partial charge < -0.3 is 18.7 Å². The van der Waals surface area contributed by atoms with Crippen molar-refractivity contribution < 1.29 is 18.5 Å². The fourth-order valence-corrected chi connectivity index (χ4v) is 3.76. The minimum atomic E-state index is -0.0578. The van der Waals surface area contributed by atoms with E-state index in [2.05, 4.69) is 20.1 Å². The number of hydrogen-bond donors (Lipinski definition) is 0. The Balaban J connectivity index is 1.22. The van der Waals surface area contributed by atoms with Gasteiger partial charge in [-0.3, -0.25) is 9.59 Å². The lowest BCUT2D eigenvalue weighted by Crippen LogP contribution is -2.48. The average Bonchev–Trinajstić information content (AvgIpc) is 3.45. The van der Waals surface area contributed by atoms with E-state index in [1.165, 1.54) is 6.92 Å². The van der Waals surface area contributed by atoms with Crippen molar-refractivity contribution in [3.05, 3.63) is 53.0 Å². The molecule has 3 aromatic heterocycles. The number of amides is 1. The Hall–Kier alpha value is -3.79. The first kappa shape index (κ1) is 21.1. The molecule has 4 heterocycles. The van der Waals surface area contributed by atoms with Crippen LogP contribution in [0.5, 0.6) is 0 Å². The number of oxazole rings is 1. The molecular formula is C22H19ClN6O4. The van der Waals surface area contributed by atoms with Gasteiger partial charge in [-0.25, -0.2) is 4.98 Å². The number of benzene rings is 1. The topological polar surface area (TPSA) is 118 Å². The summed E-state index contributed by atoms with van der Waals surface area (Å²) in [6.07, 6.45) is 0.101. The summed E-state index contributed by atoms with van der Waals surface area (Å²) in [5, 5.41) is 4.26. The van der Waals surface area contributed by atoms with Gasteiger partial charge in [-0.2, -0.15) is 9.97 Å². The molecule has 11 heteroatoms. The number of rotatable bonds is 5. The Labute approximate surface area is 193 Å². The molecule has 0 spiro atoms. The number of nitrogens with zero attached hydrogens (tertiary/aromatic N) is 6. The molecule has 4 aromatic rings. The van der Waals surface area contributed by atoms with Crippen LogP contribution in [0.1, 0.15) is 23.2 Å². The highest BCUT2D eigenvalue weighted by molar-refractivity contribution is 6.29. The van der Waals surface area contributed by atoms with E-state index in [-0.39, 0.29) is 24.0 Å². The van der Waals surface area contributed by atoms with E-state index in [1.54, 1.807) is 41.3 Å². The van der Waals surface area contributed by atoms with Crippen LogP contribution in [0.15, 0.2) is 45.3 Å². The molecule has 1 saturated heterocycles. The number of carbonyl (C=O) groups excluding carboxylic acids is 2. The molecule has 1 aliphatic rings. The van der Waals surface area contributed by atoms with Crippen LogP contribution in [0.25, 0.3) is 22.6 Å². The molecule has 0 aliphatic carbocycles. The Kier molecular flexibility index (Phi) is 5.51. The van der Waals surface area contributed by atoms with Crippen LogP contribution >= 0.6 is 11.6 Å². The number of hydrogen-bond acceptors (Lipinski definition) is 9. The molecule has 168 valence electrons. The van der Waals surface area contributed by atoms with Crippen molar-refractivity contribution in [3.63, 3.8) is 0 Å². The van der Waals surface area contributed by atoms with Crippen molar-refractivity contribution in [1.29, 1.82) is 0 Å². The standard InChI is InChI=1S/C22H19ClN6O4/c1-13(30)12-18-25-19(27-33-18)14-2-4-15(5-3-14)21(31)28-8-10-29(11-9-28)22-26-20-16(32-22)6-7-17(23)24-20/h2-7H,8-12H2,1H3. The molecule has 0 N–H and O–H groups in total. The van der Waals surface area contributed by atoms with E-state index in [4.69, 9.17) is 20.5 Å². The Morgan fingerprint density at radius 1 is 1.00 bits per heavy atom. The largest absolute Gasteiger partial charge is 0.422 e. The number of pyridine rings is 1. The summed E-state index contributed by atoms with van der Waals surface area (Å²) in [5.41, 5.74) is 2.31. The number of carbonyl (C=O) groups is 2. The van der Waals surface area contributed by atoms with Crippen LogP contribution in [0, 0.1) is 0 Å². The predicted octanol–water partition coefficient (Wildman–Crippen LogP) is 3.02. The summed E-state index contributed by atoms with van der Waals surface area (Å²) in [5.74, 6) is 0.544. The summed E-state index contributed by atoms with van der Waals surface area (Å²) in [6.45, 7) is 3.71. The number of anilines is 1. The fourth-order valence-electron chi connectivity index (χ4n) is 3.62. The number of ketones is 1. The minimum absolute atomic E-state index is 0.0524. The smallest absolute Gasteiger partial charge is 0.300 e. The molecule has 0 bridgehead atoms. The van der Waals surface area contributed by atoms with Crippen molar-refractivity contribution in [3.8, 4) is 11.4 Å². The molecule has 1 aromatic carbocycles. The average molecular weight is 467 g/mol. The van der Waals surface area contributed by atoms with Crippen LogP contribution in [-0.2, 0) is 11.2 Å². The molecule has 0 radical (unpaired) electrons. The Bertz CT molecular complexity index is 1320. The van der Waals surface area contributed by atoms with Crippen molar-refractivity contribution in [2.75, 3.05) is 31.1 Å². The summed E-state index contributed by atoms with van der Waals surface area (Å²) < 4.78 is 10.9. The normalized spacial score (nSPS) is 14.1. The summed E-state index contributed by atoms with van der Waals surface area (Å²) >= 11 is 5.92. The fraction of sp³-hybridized carbons (Fsp3) is 0.273. The molecule has 0 atom stereocenters. The second-order valence-corrected chi connectivity index (χ2v) is 8.09. The van der Waals surface area contributed by atoms with Gasteiger partial charge in [0.05, 0.1) is 6.42 Å². The van der Waals surface area contributed by atoms with E-state index in [9.17, 15) is 9.59 Å². The Morgan fingerprint density at radius 3 is 2.48 bits per heavy atom. The van der Waals surface area contributed by atoms with E-state index < -0.39 is 0 Å². The summed E-state index contributed by atoms with van der Waals surface area (Å²) in [7, 11) is 0. The number of halogens is 1. The van der Waals surface area contributed by atoms with Crippen LogP contribution in [0.2, 0.25) is 5.15 Å². The predicted molar refractivity (Wildman–Crippen MR) is 119 cm³/mol. The SMILES string of the molecule is CC(=O)Cc1nc(-c2ccc(C(=O)N3CCN(c4nc5nc(Cl)ccc5o4)CC3)cc2)no1. The number of Topliss-reactive ketones (excluding diaryl/α,β-unsaturated/α-hetero) is 1. The molecule has 1 amide bonds. The first-order chi connectivity index (χ1) is 16.0. The quantitative estimate of drug-likeness (QED) is 0.409. The molecular weight excluding hydrogens is 448 g/mol. The monoisotopic (exact) mass is 466 g/mol. The van der Waals surface area contributed by atoms with E-state index in [1.807, 2.05) is 4.90 Å². The van der Waals surface area contributed by atoms with Gasteiger partial charge in [0, 0.05) is 37.3 Å². The van der Waals surface area contributed by atoms with Crippen LogP contribution < -0.4 is 4.90 Å². The van der Waals surface area contributed by atoms with Gasteiger partial charge in [-0.05, 0) is 31.2 Å². The third-order valence-electron chi connectivity index (χ3n) is 5.30. The molecule has 5 rings (SSSR count). The lowest BCUT2D eigenvalue weighted by molar-refractivity contribution is -0.116. The lowest BCUT2D eigenvalue weighted by Gasteiger charge is -2.33. The van der Waals surface area contributed by atoms with Gasteiger partial charge in [-0.15, -0.1) is 0 Å². The number of piperazine rings is 1. The zero-order chi connectivity index (χ0) is 22.9. The third-order valence-corrected chi connectivity index (χ3v) is 5.51. The molecule has 1 fully saturated rings. The molecule has 10 nitrogen and oxygen atoms in total. The second kappa shape index (κ2) is 8.62. The van der Waals surface area contributed by atoms with E-state index in [0.717, 1.165) is 0 Å². The highest BCUT2D eigenvalue weighted by Gasteiger charge is 2.25. The lowest BCUT2D eigenvalue weighted by atomic mass is 10.1. The maximum atomic E-state index is 13.0. The van der Waals surface area contributed by atoms with Gasteiger partial charge in [0.1, 0.15) is 10.9 Å². The van der Waals surface area contributed by atoms with Crippen molar-refractivity contribution in [2.45, 2.75) is 13.3 Å². The summed E-state index contributed by atoms with van der Waals surface area (Å²) in [4.78, 5) is 40.7. The maximum Gasteiger partial charge on any atom is 0.300 e. The molecule has 1 aliphatic heterocycles. The second-order valence-electron chi connectivity index (χ2n) is 7.70. The van der Waals surface area contributed by atoms with E-state index in [0.29, 0.717) is 65.5 Å². The van der Waals surface area contributed by atoms with Crippen molar-refractivity contribution >= 4 is 40.5 Å². The first-order valence-corrected chi connectivity index (χ1v) is 10.7. The molecule has 0 unspecified atom stereocenters. The van der Waals surface area contributed by atoms with Gasteiger partial charge >= 0.3 is 0 Å². The zero-order valence-electron chi connectivity index (χ0n) is 17.7. The highest BCUT2D eigenvalue weighted by atomic mass is 35.5. The number of fused-ring (bicyclic) bond motifs is 1. The number of aromatic nitrogens is 4. The molecule has 33 heavy (non-hydrogen) atoms. The van der Waals surface area contributed by atoms with E-state index >= 15 is 0 Å². The highest BCUT2D eigenvalue weighted by Crippen LogP contribution is 2.24. The van der Waals surface area contributed by atoms with Crippen LogP contribution in [-0.4, -0.2) is 62.9 Å². The van der Waals surface area contributed by atoms with Crippen molar-refractivity contribution in [2.24, 2.45) is 0 Å². The van der Waals surface area contributed by atoms with Crippen LogP contribution in [0.4, 0.5) is 6.01 Å². The van der Waals surface area contributed by atoms with Gasteiger partial charge in [-0.1, -0.05) is 28.9 Å². The van der Waals surface area contributed by atoms with Gasteiger partial charge in [0.15, 0.2) is 5.58 Å². The third kappa shape index (κ3) is 4.42. The van der Waals surface area contributed by atoms with Crippen molar-refractivity contribution in [1.82, 2.24) is 25.0 Å². The first-order valence-electron chi connectivity index (χ1n) is 10.4. The molecule has 0 saturated carbocycles. The Morgan fingerprint density at radius 2 is 1.76 bits per heavy atom.